The van der Waals surface area contributed by atoms with Crippen molar-refractivity contribution >= 4 is 11.9 Å². The highest BCUT2D eigenvalue weighted by Gasteiger charge is 2.37. The standard InChI is InChI=1S/C17H27N3O3/c1-10(2)9-20-12(4)14(11(3)19-20)7-8-15(21)18-16(17(22)23)13-5-6-13/h10,13,16H,5-9H2,1-4H3,(H,18,21)(H,22,23). The SMILES string of the molecule is Cc1nn(CC(C)C)c(C)c1CCC(=O)NC(C(=O)O)C1CC1. The van der Waals surface area contributed by atoms with Crippen LogP contribution in [0.2, 0.25) is 0 Å². The van der Waals surface area contributed by atoms with E-state index in [2.05, 4.69) is 24.3 Å². The molecule has 1 heterocycles. The molecular formula is C17H27N3O3. The molecule has 1 aliphatic carbocycles. The maximum Gasteiger partial charge on any atom is 0.326 e. The lowest BCUT2D eigenvalue weighted by molar-refractivity contribution is -0.142. The summed E-state index contributed by atoms with van der Waals surface area (Å²) in [6.07, 6.45) is 2.67. The zero-order valence-electron chi connectivity index (χ0n) is 14.4. The molecule has 2 rings (SSSR count). The lowest BCUT2D eigenvalue weighted by Crippen LogP contribution is -2.42. The molecule has 1 unspecified atom stereocenters. The Balaban J connectivity index is 1.93. The summed E-state index contributed by atoms with van der Waals surface area (Å²) < 4.78 is 2.00. The molecule has 1 aliphatic rings. The number of aryl methyl sites for hydroxylation is 1. The van der Waals surface area contributed by atoms with Crippen molar-refractivity contribution in [3.05, 3.63) is 17.0 Å². The number of hydrogen-bond acceptors (Lipinski definition) is 3. The largest absolute Gasteiger partial charge is 0.480 e. The van der Waals surface area contributed by atoms with Crippen LogP contribution < -0.4 is 5.32 Å². The lowest BCUT2D eigenvalue weighted by Gasteiger charge is -2.13. The van der Waals surface area contributed by atoms with Gasteiger partial charge in [0.25, 0.3) is 0 Å². The molecule has 2 N–H and O–H groups in total. The highest BCUT2D eigenvalue weighted by Crippen LogP contribution is 2.32. The third-order valence-corrected chi connectivity index (χ3v) is 4.35. The van der Waals surface area contributed by atoms with Crippen molar-refractivity contribution < 1.29 is 14.7 Å². The summed E-state index contributed by atoms with van der Waals surface area (Å²) in [5.74, 6) is -0.509. The van der Waals surface area contributed by atoms with E-state index < -0.39 is 12.0 Å². The molecule has 1 fully saturated rings. The predicted octanol–water partition coefficient (Wildman–Crippen LogP) is 2.07. The van der Waals surface area contributed by atoms with Gasteiger partial charge in [-0.2, -0.15) is 5.10 Å². The van der Waals surface area contributed by atoms with E-state index in [0.717, 1.165) is 36.3 Å². The Morgan fingerprint density at radius 2 is 2.00 bits per heavy atom. The van der Waals surface area contributed by atoms with Gasteiger partial charge in [0.1, 0.15) is 6.04 Å². The maximum absolute atomic E-state index is 12.1. The first-order chi connectivity index (χ1) is 10.8. The zero-order chi connectivity index (χ0) is 17.1. The molecule has 0 radical (unpaired) electrons. The molecule has 6 nitrogen and oxygen atoms in total. The monoisotopic (exact) mass is 321 g/mol. The number of carboxylic acids is 1. The number of amides is 1. The van der Waals surface area contributed by atoms with Gasteiger partial charge in [-0.25, -0.2) is 4.79 Å². The Kier molecular flexibility index (Phi) is 5.44. The van der Waals surface area contributed by atoms with Gasteiger partial charge in [-0.15, -0.1) is 0 Å². The molecule has 0 spiro atoms. The summed E-state index contributed by atoms with van der Waals surface area (Å²) in [6.45, 7) is 9.14. The minimum Gasteiger partial charge on any atom is -0.480 e. The van der Waals surface area contributed by atoms with Crippen LogP contribution in [0, 0.1) is 25.7 Å². The van der Waals surface area contributed by atoms with Gasteiger partial charge in [-0.05, 0) is 50.5 Å². The highest BCUT2D eigenvalue weighted by molar-refractivity contribution is 5.84. The van der Waals surface area contributed by atoms with Crippen LogP contribution in [0.15, 0.2) is 0 Å². The average Bonchev–Trinajstić information content (AvgIpc) is 3.23. The average molecular weight is 321 g/mol. The number of nitrogens with one attached hydrogen (secondary N) is 1. The molecule has 128 valence electrons. The van der Waals surface area contributed by atoms with Gasteiger partial charge in [0.05, 0.1) is 5.69 Å². The molecule has 1 amide bonds. The summed E-state index contributed by atoms with van der Waals surface area (Å²) >= 11 is 0. The van der Waals surface area contributed by atoms with Crippen LogP contribution in [-0.2, 0) is 22.6 Å². The van der Waals surface area contributed by atoms with Gasteiger partial charge in [0.15, 0.2) is 0 Å². The van der Waals surface area contributed by atoms with Crippen molar-refractivity contribution in [2.75, 3.05) is 0 Å². The van der Waals surface area contributed by atoms with Gasteiger partial charge in [-0.1, -0.05) is 13.8 Å². The van der Waals surface area contributed by atoms with Crippen molar-refractivity contribution in [1.29, 1.82) is 0 Å². The number of aliphatic carboxylic acids is 1. The fourth-order valence-electron chi connectivity index (χ4n) is 2.91. The van der Waals surface area contributed by atoms with Gasteiger partial charge in [-0.3, -0.25) is 9.48 Å². The molecule has 1 aromatic heterocycles. The van der Waals surface area contributed by atoms with E-state index in [1.54, 1.807) is 0 Å². The Bertz CT molecular complexity index is 588. The lowest BCUT2D eigenvalue weighted by atomic mass is 10.1. The van der Waals surface area contributed by atoms with Gasteiger partial charge in [0, 0.05) is 18.7 Å². The molecular weight excluding hydrogens is 294 g/mol. The smallest absolute Gasteiger partial charge is 0.326 e. The van der Waals surface area contributed by atoms with E-state index in [1.165, 1.54) is 0 Å². The summed E-state index contributed by atoms with van der Waals surface area (Å²) in [7, 11) is 0. The van der Waals surface area contributed by atoms with E-state index >= 15 is 0 Å². The first-order valence-corrected chi connectivity index (χ1v) is 8.34. The van der Waals surface area contributed by atoms with E-state index in [9.17, 15) is 9.59 Å². The van der Waals surface area contributed by atoms with Crippen molar-refractivity contribution in [1.82, 2.24) is 15.1 Å². The number of aromatic nitrogens is 2. The fourth-order valence-corrected chi connectivity index (χ4v) is 2.91. The quantitative estimate of drug-likeness (QED) is 0.767. The second-order valence-corrected chi connectivity index (χ2v) is 6.95. The van der Waals surface area contributed by atoms with Gasteiger partial charge in [0.2, 0.25) is 5.91 Å². The van der Waals surface area contributed by atoms with Gasteiger partial charge >= 0.3 is 5.97 Å². The van der Waals surface area contributed by atoms with Gasteiger partial charge < -0.3 is 10.4 Å². The second-order valence-electron chi connectivity index (χ2n) is 6.95. The zero-order valence-corrected chi connectivity index (χ0v) is 14.4. The Hall–Kier alpha value is -1.85. The summed E-state index contributed by atoms with van der Waals surface area (Å²) in [5, 5.41) is 16.4. The molecule has 23 heavy (non-hydrogen) atoms. The third-order valence-electron chi connectivity index (χ3n) is 4.35. The molecule has 1 saturated carbocycles. The summed E-state index contributed by atoms with van der Waals surface area (Å²) in [4.78, 5) is 23.2. The normalized spacial score (nSPS) is 15.7. The molecule has 0 aliphatic heterocycles. The van der Waals surface area contributed by atoms with Crippen LogP contribution in [0.3, 0.4) is 0 Å². The van der Waals surface area contributed by atoms with Crippen molar-refractivity contribution in [3.63, 3.8) is 0 Å². The molecule has 0 aromatic carbocycles. The van der Waals surface area contributed by atoms with Crippen LogP contribution >= 0.6 is 0 Å². The molecule has 1 aromatic rings. The number of carbonyl (C=O) groups is 2. The highest BCUT2D eigenvalue weighted by atomic mass is 16.4. The minimum atomic E-state index is -0.932. The fraction of sp³-hybridized carbons (Fsp3) is 0.706. The Labute approximate surface area is 137 Å². The van der Waals surface area contributed by atoms with Crippen molar-refractivity contribution in [3.8, 4) is 0 Å². The Morgan fingerprint density at radius 3 is 2.52 bits per heavy atom. The second kappa shape index (κ2) is 7.15. The van der Waals surface area contributed by atoms with Crippen LogP contribution in [0.4, 0.5) is 0 Å². The van der Waals surface area contributed by atoms with E-state index in [0.29, 0.717) is 18.8 Å². The number of carbonyl (C=O) groups excluding carboxylic acids is 1. The number of rotatable bonds is 8. The maximum atomic E-state index is 12.1. The number of nitrogens with zero attached hydrogens (tertiary/aromatic N) is 2. The third kappa shape index (κ3) is 4.56. The minimum absolute atomic E-state index is 0.105. The van der Waals surface area contributed by atoms with E-state index in [-0.39, 0.29) is 11.8 Å². The first-order valence-electron chi connectivity index (χ1n) is 8.34. The van der Waals surface area contributed by atoms with Crippen LogP contribution in [0.1, 0.15) is 50.1 Å². The van der Waals surface area contributed by atoms with Crippen LogP contribution in [0.5, 0.6) is 0 Å². The molecule has 0 saturated heterocycles. The first kappa shape index (κ1) is 17.5. The summed E-state index contributed by atoms with van der Waals surface area (Å²) in [5.41, 5.74) is 3.15. The van der Waals surface area contributed by atoms with Crippen LogP contribution in [-0.4, -0.2) is 32.8 Å². The molecule has 1 atom stereocenters. The molecule has 0 bridgehead atoms. The molecule has 6 heteroatoms. The van der Waals surface area contributed by atoms with Crippen molar-refractivity contribution in [2.45, 2.75) is 66.0 Å². The predicted molar refractivity (Wildman–Crippen MR) is 87.2 cm³/mol. The number of carboxylic acid groups (broad SMARTS) is 1. The van der Waals surface area contributed by atoms with Crippen molar-refractivity contribution in [2.24, 2.45) is 11.8 Å². The number of hydrogen-bond donors (Lipinski definition) is 2. The summed E-state index contributed by atoms with van der Waals surface area (Å²) in [6, 6.07) is -0.728. The van der Waals surface area contributed by atoms with Crippen LogP contribution in [0.25, 0.3) is 0 Å². The Morgan fingerprint density at radius 1 is 1.35 bits per heavy atom. The topological polar surface area (TPSA) is 84.2 Å². The van der Waals surface area contributed by atoms with E-state index in [1.807, 2.05) is 18.5 Å². The van der Waals surface area contributed by atoms with E-state index in [4.69, 9.17) is 5.11 Å².